The average Bonchev–Trinajstić information content (AvgIpc) is 2.74. The third-order valence-electron chi connectivity index (χ3n) is 4.98. The number of carbonyl (C=O) groups excluding carboxylic acids is 2. The van der Waals surface area contributed by atoms with E-state index in [4.69, 9.17) is 0 Å². The van der Waals surface area contributed by atoms with E-state index in [1.54, 1.807) is 31.3 Å². The van der Waals surface area contributed by atoms with E-state index in [0.717, 1.165) is 17.8 Å². The highest BCUT2D eigenvalue weighted by molar-refractivity contribution is 5.94. The standard InChI is InChI=1S/C23H21N3O2/c1-16(27)17-6-8-20(9-7-17)25-21-10-11-22(24-14-21)23(28)26-13-12-18-4-2-3-5-19(18)15-26/h2-11,14,25H,12-13,15H2,1H3. The number of hydrogen-bond acceptors (Lipinski definition) is 4. The largest absolute Gasteiger partial charge is 0.354 e. The van der Waals surface area contributed by atoms with Gasteiger partial charge < -0.3 is 10.2 Å². The summed E-state index contributed by atoms with van der Waals surface area (Å²) in [6, 6.07) is 19.1. The summed E-state index contributed by atoms with van der Waals surface area (Å²) in [5.41, 5.74) is 5.28. The van der Waals surface area contributed by atoms with Gasteiger partial charge in [0.2, 0.25) is 0 Å². The molecular weight excluding hydrogens is 350 g/mol. The predicted molar refractivity (Wildman–Crippen MR) is 109 cm³/mol. The summed E-state index contributed by atoms with van der Waals surface area (Å²) in [5.74, 6) is -0.0108. The van der Waals surface area contributed by atoms with Gasteiger partial charge in [-0.1, -0.05) is 24.3 Å². The van der Waals surface area contributed by atoms with Crippen molar-refractivity contribution in [1.29, 1.82) is 0 Å². The first-order valence-electron chi connectivity index (χ1n) is 9.30. The van der Waals surface area contributed by atoms with Crippen LogP contribution in [0.3, 0.4) is 0 Å². The predicted octanol–water partition coefficient (Wildman–Crippen LogP) is 4.23. The molecule has 2 aromatic carbocycles. The van der Waals surface area contributed by atoms with Gasteiger partial charge in [-0.05, 0) is 60.9 Å². The Morgan fingerprint density at radius 1 is 0.929 bits per heavy atom. The van der Waals surface area contributed by atoms with Crippen molar-refractivity contribution in [2.24, 2.45) is 0 Å². The fourth-order valence-corrected chi connectivity index (χ4v) is 3.38. The number of rotatable bonds is 4. The number of hydrogen-bond donors (Lipinski definition) is 1. The molecule has 28 heavy (non-hydrogen) atoms. The van der Waals surface area contributed by atoms with Crippen LogP contribution in [0.1, 0.15) is 38.9 Å². The minimum atomic E-state index is -0.0492. The number of carbonyl (C=O) groups is 2. The van der Waals surface area contributed by atoms with Crippen molar-refractivity contribution in [3.8, 4) is 0 Å². The van der Waals surface area contributed by atoms with E-state index in [1.807, 2.05) is 35.2 Å². The second-order valence-electron chi connectivity index (χ2n) is 6.94. The number of aromatic nitrogens is 1. The molecule has 0 radical (unpaired) electrons. The van der Waals surface area contributed by atoms with Crippen LogP contribution in [0.2, 0.25) is 0 Å². The van der Waals surface area contributed by atoms with E-state index >= 15 is 0 Å². The van der Waals surface area contributed by atoms with Gasteiger partial charge in [0.1, 0.15) is 5.69 Å². The molecule has 3 aromatic rings. The van der Waals surface area contributed by atoms with Crippen LogP contribution >= 0.6 is 0 Å². The Bertz CT molecular complexity index is 1010. The summed E-state index contributed by atoms with van der Waals surface area (Å²) in [5, 5.41) is 3.23. The lowest BCUT2D eigenvalue weighted by Gasteiger charge is -2.28. The molecule has 140 valence electrons. The molecule has 0 bridgehead atoms. The Hall–Kier alpha value is -3.47. The molecule has 0 saturated carbocycles. The molecule has 1 aliphatic heterocycles. The Kier molecular flexibility index (Phi) is 4.89. The molecule has 5 nitrogen and oxygen atoms in total. The van der Waals surface area contributed by atoms with Crippen LogP contribution in [-0.4, -0.2) is 28.1 Å². The highest BCUT2D eigenvalue weighted by atomic mass is 16.2. The van der Waals surface area contributed by atoms with Gasteiger partial charge >= 0.3 is 0 Å². The van der Waals surface area contributed by atoms with Crippen LogP contribution in [0, 0.1) is 0 Å². The summed E-state index contributed by atoms with van der Waals surface area (Å²) >= 11 is 0. The van der Waals surface area contributed by atoms with Gasteiger partial charge in [-0.15, -0.1) is 0 Å². The highest BCUT2D eigenvalue weighted by Crippen LogP contribution is 2.21. The van der Waals surface area contributed by atoms with Crippen LogP contribution in [0.15, 0.2) is 66.9 Å². The maximum absolute atomic E-state index is 12.8. The molecule has 0 saturated heterocycles. The molecule has 4 rings (SSSR count). The van der Waals surface area contributed by atoms with Gasteiger partial charge in [0.25, 0.3) is 5.91 Å². The van der Waals surface area contributed by atoms with Crippen LogP contribution in [0.4, 0.5) is 11.4 Å². The Morgan fingerprint density at radius 2 is 1.64 bits per heavy atom. The smallest absolute Gasteiger partial charge is 0.272 e. The molecule has 0 fully saturated rings. The normalized spacial score (nSPS) is 13.0. The molecule has 1 amide bonds. The SMILES string of the molecule is CC(=O)c1ccc(Nc2ccc(C(=O)N3CCc4ccccc4C3)nc2)cc1. The maximum atomic E-state index is 12.8. The number of amides is 1. The van der Waals surface area contributed by atoms with Crippen molar-refractivity contribution in [3.05, 3.63) is 89.2 Å². The lowest BCUT2D eigenvalue weighted by Crippen LogP contribution is -2.36. The van der Waals surface area contributed by atoms with Gasteiger partial charge in [-0.3, -0.25) is 9.59 Å². The number of pyridine rings is 1. The van der Waals surface area contributed by atoms with Crippen molar-refractivity contribution in [2.45, 2.75) is 19.9 Å². The van der Waals surface area contributed by atoms with Gasteiger partial charge in [0, 0.05) is 24.3 Å². The summed E-state index contributed by atoms with van der Waals surface area (Å²) in [6.07, 6.45) is 2.53. The molecule has 1 aromatic heterocycles. The molecule has 2 heterocycles. The molecule has 1 N–H and O–H groups in total. The van der Waals surface area contributed by atoms with Gasteiger partial charge in [0.05, 0.1) is 11.9 Å². The zero-order chi connectivity index (χ0) is 19.5. The minimum Gasteiger partial charge on any atom is -0.354 e. The molecule has 0 spiro atoms. The van der Waals surface area contributed by atoms with Gasteiger partial charge in [0.15, 0.2) is 5.78 Å². The van der Waals surface area contributed by atoms with Gasteiger partial charge in [-0.2, -0.15) is 0 Å². The molecule has 0 aliphatic carbocycles. The average molecular weight is 371 g/mol. The van der Waals surface area contributed by atoms with Gasteiger partial charge in [-0.25, -0.2) is 4.98 Å². The molecule has 0 unspecified atom stereocenters. The summed E-state index contributed by atoms with van der Waals surface area (Å²) < 4.78 is 0. The number of fused-ring (bicyclic) bond motifs is 1. The monoisotopic (exact) mass is 371 g/mol. The van der Waals surface area contributed by atoms with Crippen molar-refractivity contribution in [3.63, 3.8) is 0 Å². The Labute approximate surface area is 164 Å². The molecular formula is C23H21N3O2. The van der Waals surface area contributed by atoms with E-state index in [1.165, 1.54) is 11.1 Å². The lowest BCUT2D eigenvalue weighted by molar-refractivity contribution is 0.0728. The summed E-state index contributed by atoms with van der Waals surface area (Å²) in [4.78, 5) is 30.3. The van der Waals surface area contributed by atoms with Crippen molar-refractivity contribution < 1.29 is 9.59 Å². The van der Waals surface area contributed by atoms with Crippen molar-refractivity contribution >= 4 is 23.1 Å². The summed E-state index contributed by atoms with van der Waals surface area (Å²) in [7, 11) is 0. The highest BCUT2D eigenvalue weighted by Gasteiger charge is 2.22. The molecule has 1 aliphatic rings. The first-order valence-corrected chi connectivity index (χ1v) is 9.30. The van der Waals surface area contributed by atoms with Crippen LogP contribution in [-0.2, 0) is 13.0 Å². The molecule has 0 atom stereocenters. The number of ketones is 1. The number of anilines is 2. The Morgan fingerprint density at radius 3 is 2.32 bits per heavy atom. The third kappa shape index (κ3) is 3.78. The summed E-state index contributed by atoms with van der Waals surface area (Å²) in [6.45, 7) is 2.88. The fraction of sp³-hybridized carbons (Fsp3) is 0.174. The van der Waals surface area contributed by atoms with Crippen molar-refractivity contribution in [2.75, 3.05) is 11.9 Å². The quantitative estimate of drug-likeness (QED) is 0.697. The fourth-order valence-electron chi connectivity index (χ4n) is 3.38. The molecule has 5 heteroatoms. The third-order valence-corrected chi connectivity index (χ3v) is 4.98. The minimum absolute atomic E-state index is 0.0384. The number of nitrogens with zero attached hydrogens (tertiary/aromatic N) is 2. The lowest BCUT2D eigenvalue weighted by atomic mass is 10.00. The van der Waals surface area contributed by atoms with E-state index < -0.39 is 0 Å². The maximum Gasteiger partial charge on any atom is 0.272 e. The Balaban J connectivity index is 1.43. The first kappa shape index (κ1) is 17.9. The van der Waals surface area contributed by atoms with E-state index in [2.05, 4.69) is 22.4 Å². The first-order chi connectivity index (χ1) is 13.6. The van der Waals surface area contributed by atoms with E-state index in [9.17, 15) is 9.59 Å². The number of Topliss-reactive ketones (excluding diaryl/α,β-unsaturated/α-hetero) is 1. The van der Waals surface area contributed by atoms with Crippen LogP contribution in [0.5, 0.6) is 0 Å². The second-order valence-corrected chi connectivity index (χ2v) is 6.94. The van der Waals surface area contributed by atoms with E-state index in [0.29, 0.717) is 24.3 Å². The zero-order valence-corrected chi connectivity index (χ0v) is 15.7. The van der Waals surface area contributed by atoms with Crippen LogP contribution < -0.4 is 5.32 Å². The zero-order valence-electron chi connectivity index (χ0n) is 15.7. The van der Waals surface area contributed by atoms with Crippen LogP contribution in [0.25, 0.3) is 0 Å². The van der Waals surface area contributed by atoms with Crippen molar-refractivity contribution in [1.82, 2.24) is 9.88 Å². The second kappa shape index (κ2) is 7.64. The topological polar surface area (TPSA) is 62.3 Å². The number of benzene rings is 2. The van der Waals surface area contributed by atoms with E-state index in [-0.39, 0.29) is 11.7 Å². The number of nitrogens with one attached hydrogen (secondary N) is 1.